The lowest BCUT2D eigenvalue weighted by Crippen LogP contribution is -2.33. The van der Waals surface area contributed by atoms with E-state index in [4.69, 9.17) is 11.6 Å². The van der Waals surface area contributed by atoms with Gasteiger partial charge in [0.05, 0.1) is 11.6 Å². The van der Waals surface area contributed by atoms with Gasteiger partial charge in [0, 0.05) is 21.5 Å². The van der Waals surface area contributed by atoms with Crippen molar-refractivity contribution in [1.29, 1.82) is 0 Å². The van der Waals surface area contributed by atoms with Crippen molar-refractivity contribution < 1.29 is 13.6 Å². The van der Waals surface area contributed by atoms with E-state index in [-0.39, 0.29) is 6.54 Å². The first-order chi connectivity index (χ1) is 12.5. The highest BCUT2D eigenvalue weighted by molar-refractivity contribution is 7.19. The predicted molar refractivity (Wildman–Crippen MR) is 103 cm³/mol. The fourth-order valence-electron chi connectivity index (χ4n) is 2.65. The van der Waals surface area contributed by atoms with Crippen molar-refractivity contribution in [3.8, 4) is 0 Å². The lowest BCUT2D eigenvalue weighted by atomic mass is 10.2. The molecule has 0 aliphatic rings. The SMILES string of the molecule is CCN(CC(=O)Nc1c(F)cccc1F)Cc1sc2ccccc2c1Cl. The van der Waals surface area contributed by atoms with Gasteiger partial charge in [-0.05, 0) is 24.7 Å². The first-order valence-corrected chi connectivity index (χ1v) is 9.31. The number of carbonyl (C=O) groups excluding carboxylic acids is 1. The number of thiophene rings is 1. The van der Waals surface area contributed by atoms with Gasteiger partial charge in [0.25, 0.3) is 0 Å². The molecule has 3 aromatic rings. The Kier molecular flexibility index (Phi) is 5.86. The molecule has 1 amide bonds. The van der Waals surface area contributed by atoms with E-state index in [2.05, 4.69) is 5.32 Å². The van der Waals surface area contributed by atoms with E-state index in [1.54, 1.807) is 11.3 Å². The summed E-state index contributed by atoms with van der Waals surface area (Å²) in [6, 6.07) is 11.3. The second-order valence-electron chi connectivity index (χ2n) is 5.78. The summed E-state index contributed by atoms with van der Waals surface area (Å²) >= 11 is 8.03. The number of hydrogen-bond donors (Lipinski definition) is 1. The topological polar surface area (TPSA) is 32.3 Å². The molecule has 0 aliphatic heterocycles. The van der Waals surface area contributed by atoms with Crippen LogP contribution >= 0.6 is 22.9 Å². The summed E-state index contributed by atoms with van der Waals surface area (Å²) < 4.78 is 28.4. The zero-order valence-corrected chi connectivity index (χ0v) is 15.6. The first-order valence-electron chi connectivity index (χ1n) is 8.11. The van der Waals surface area contributed by atoms with Gasteiger partial charge in [0.2, 0.25) is 5.91 Å². The van der Waals surface area contributed by atoms with Gasteiger partial charge in [-0.15, -0.1) is 11.3 Å². The third kappa shape index (κ3) is 4.03. The average molecular weight is 395 g/mol. The molecule has 3 rings (SSSR count). The molecule has 1 heterocycles. The van der Waals surface area contributed by atoms with Gasteiger partial charge in [-0.2, -0.15) is 0 Å². The Morgan fingerprint density at radius 3 is 2.50 bits per heavy atom. The Morgan fingerprint density at radius 1 is 1.15 bits per heavy atom. The van der Waals surface area contributed by atoms with Crippen LogP contribution in [0, 0.1) is 11.6 Å². The summed E-state index contributed by atoms with van der Waals surface area (Å²) in [5, 5.41) is 3.98. The lowest BCUT2D eigenvalue weighted by Gasteiger charge is -2.19. The Balaban J connectivity index is 1.71. The van der Waals surface area contributed by atoms with E-state index in [9.17, 15) is 13.6 Å². The molecular weight excluding hydrogens is 378 g/mol. The highest BCUT2D eigenvalue weighted by atomic mass is 35.5. The maximum absolute atomic E-state index is 13.7. The number of para-hydroxylation sites is 1. The van der Waals surface area contributed by atoms with E-state index in [1.807, 2.05) is 36.1 Å². The molecule has 26 heavy (non-hydrogen) atoms. The zero-order valence-electron chi connectivity index (χ0n) is 14.1. The number of likely N-dealkylation sites (N-methyl/N-ethyl adjacent to an activating group) is 1. The second-order valence-corrected chi connectivity index (χ2v) is 7.30. The van der Waals surface area contributed by atoms with Crippen molar-refractivity contribution in [2.24, 2.45) is 0 Å². The maximum atomic E-state index is 13.7. The molecule has 0 saturated heterocycles. The fraction of sp³-hybridized carbons (Fsp3) is 0.211. The van der Waals surface area contributed by atoms with Crippen LogP contribution in [-0.2, 0) is 11.3 Å². The van der Waals surface area contributed by atoms with Crippen LogP contribution in [0.3, 0.4) is 0 Å². The zero-order chi connectivity index (χ0) is 18.7. The van der Waals surface area contributed by atoms with Crippen LogP contribution in [0.5, 0.6) is 0 Å². The number of nitrogens with zero attached hydrogens (tertiary/aromatic N) is 1. The Hall–Kier alpha value is -2.02. The van der Waals surface area contributed by atoms with Crippen LogP contribution < -0.4 is 5.32 Å². The van der Waals surface area contributed by atoms with Gasteiger partial charge in [0.15, 0.2) is 0 Å². The molecule has 0 saturated carbocycles. The third-order valence-electron chi connectivity index (χ3n) is 4.01. The molecule has 0 bridgehead atoms. The number of benzene rings is 2. The van der Waals surface area contributed by atoms with E-state index in [1.165, 1.54) is 6.07 Å². The predicted octanol–water partition coefficient (Wildman–Crippen LogP) is 5.29. The summed E-state index contributed by atoms with van der Waals surface area (Å²) in [6.45, 7) is 3.01. The number of hydrogen-bond acceptors (Lipinski definition) is 3. The highest BCUT2D eigenvalue weighted by Crippen LogP contribution is 2.35. The third-order valence-corrected chi connectivity index (χ3v) is 5.71. The molecule has 136 valence electrons. The molecule has 7 heteroatoms. The minimum atomic E-state index is -0.797. The van der Waals surface area contributed by atoms with Crippen LogP contribution in [0.2, 0.25) is 5.02 Å². The summed E-state index contributed by atoms with van der Waals surface area (Å²) in [4.78, 5) is 15.0. The van der Waals surface area contributed by atoms with E-state index in [0.29, 0.717) is 18.1 Å². The van der Waals surface area contributed by atoms with E-state index in [0.717, 1.165) is 27.1 Å². The van der Waals surface area contributed by atoms with Crippen molar-refractivity contribution in [1.82, 2.24) is 4.90 Å². The highest BCUT2D eigenvalue weighted by Gasteiger charge is 2.17. The number of nitrogens with one attached hydrogen (secondary N) is 1. The molecule has 1 N–H and O–H groups in total. The lowest BCUT2D eigenvalue weighted by molar-refractivity contribution is -0.117. The number of amides is 1. The number of fused-ring (bicyclic) bond motifs is 1. The van der Waals surface area contributed by atoms with Gasteiger partial charge >= 0.3 is 0 Å². The number of rotatable bonds is 6. The smallest absolute Gasteiger partial charge is 0.238 e. The van der Waals surface area contributed by atoms with E-state index < -0.39 is 23.2 Å². The summed E-state index contributed by atoms with van der Waals surface area (Å²) in [7, 11) is 0. The normalized spacial score (nSPS) is 11.3. The van der Waals surface area contributed by atoms with Crippen LogP contribution in [0.25, 0.3) is 10.1 Å². The Bertz CT molecular complexity index is 924. The molecule has 2 aromatic carbocycles. The van der Waals surface area contributed by atoms with Crippen LogP contribution in [-0.4, -0.2) is 23.9 Å². The monoisotopic (exact) mass is 394 g/mol. The number of anilines is 1. The van der Waals surface area contributed by atoms with Crippen LogP contribution in [0.15, 0.2) is 42.5 Å². The fourth-order valence-corrected chi connectivity index (χ4v) is 4.18. The molecule has 0 spiro atoms. The molecule has 0 unspecified atom stereocenters. The molecular formula is C19H17ClF2N2OS. The number of carbonyl (C=O) groups is 1. The average Bonchev–Trinajstić information content (AvgIpc) is 2.94. The van der Waals surface area contributed by atoms with Crippen molar-refractivity contribution in [2.45, 2.75) is 13.5 Å². The number of halogens is 3. The minimum Gasteiger partial charge on any atom is -0.320 e. The van der Waals surface area contributed by atoms with Gasteiger partial charge in [0.1, 0.15) is 17.3 Å². The van der Waals surface area contributed by atoms with Crippen LogP contribution in [0.1, 0.15) is 11.8 Å². The largest absolute Gasteiger partial charge is 0.320 e. The van der Waals surface area contributed by atoms with Gasteiger partial charge in [-0.25, -0.2) is 8.78 Å². The summed E-state index contributed by atoms with van der Waals surface area (Å²) in [5.74, 6) is -2.07. The molecule has 0 radical (unpaired) electrons. The molecule has 0 fully saturated rings. The van der Waals surface area contributed by atoms with Crippen molar-refractivity contribution >= 4 is 44.6 Å². The Morgan fingerprint density at radius 2 is 1.85 bits per heavy atom. The van der Waals surface area contributed by atoms with E-state index >= 15 is 0 Å². The summed E-state index contributed by atoms with van der Waals surface area (Å²) in [5.41, 5.74) is -0.423. The van der Waals surface area contributed by atoms with Crippen molar-refractivity contribution in [3.05, 3.63) is 64.0 Å². The maximum Gasteiger partial charge on any atom is 0.238 e. The van der Waals surface area contributed by atoms with Gasteiger partial charge < -0.3 is 5.32 Å². The molecule has 0 atom stereocenters. The van der Waals surface area contributed by atoms with Crippen molar-refractivity contribution in [2.75, 3.05) is 18.4 Å². The standard InChI is InChI=1S/C19H17ClF2N2OS/c1-2-24(10-16-18(20)12-6-3-4-9-15(12)26-16)11-17(25)23-19-13(21)7-5-8-14(19)22/h3-9H,2,10-11H2,1H3,(H,23,25). The van der Waals surface area contributed by atoms with Crippen molar-refractivity contribution in [3.63, 3.8) is 0 Å². The molecule has 3 nitrogen and oxygen atoms in total. The second kappa shape index (κ2) is 8.12. The first kappa shape index (κ1) is 18.8. The van der Waals surface area contributed by atoms with Gasteiger partial charge in [-0.3, -0.25) is 9.69 Å². The minimum absolute atomic E-state index is 0.00878. The summed E-state index contributed by atoms with van der Waals surface area (Å²) in [6.07, 6.45) is 0. The molecule has 0 aliphatic carbocycles. The van der Waals surface area contributed by atoms with Crippen LogP contribution in [0.4, 0.5) is 14.5 Å². The quantitative estimate of drug-likeness (QED) is 0.615. The molecule has 1 aromatic heterocycles. The van der Waals surface area contributed by atoms with Gasteiger partial charge in [-0.1, -0.05) is 42.8 Å². The Labute approximate surface area is 159 Å².